The summed E-state index contributed by atoms with van der Waals surface area (Å²) < 4.78 is 1.24. The normalized spacial score (nSPS) is 15.1. The third kappa shape index (κ3) is 2.34. The van der Waals surface area contributed by atoms with Gasteiger partial charge in [-0.2, -0.15) is 9.50 Å². The van der Waals surface area contributed by atoms with E-state index >= 15 is 0 Å². The van der Waals surface area contributed by atoms with Crippen LogP contribution in [-0.4, -0.2) is 36.8 Å². The Hall–Kier alpha value is -1.73. The molecule has 0 radical (unpaired) electrons. The molecule has 1 unspecified atom stereocenters. The first kappa shape index (κ1) is 11.7. The number of fused-ring (bicyclic) bond motifs is 1. The van der Waals surface area contributed by atoms with Crippen molar-refractivity contribution in [2.75, 3.05) is 6.54 Å². The topological polar surface area (TPSA) is 109 Å². The lowest BCUT2D eigenvalue weighted by atomic mass is 10.0. The lowest BCUT2D eigenvalue weighted by molar-refractivity contribution is 0.0676. The molecule has 2 rings (SSSR count). The molecular weight excluding hydrogens is 222 g/mol. The minimum atomic E-state index is -1.05. The molecule has 92 valence electrons. The number of aryl methyl sites for hydroxylation is 1. The molecule has 1 atom stereocenters. The average Bonchev–Trinajstić information content (AvgIpc) is 2.59. The predicted octanol–water partition coefficient (Wildman–Crippen LogP) is -1.02. The highest BCUT2D eigenvalue weighted by atomic mass is 16.3. The van der Waals surface area contributed by atoms with Gasteiger partial charge in [0.25, 0.3) is 11.3 Å². The summed E-state index contributed by atoms with van der Waals surface area (Å²) in [5, 5.41) is 12.6. The second-order valence-electron chi connectivity index (χ2n) is 4.42. The summed E-state index contributed by atoms with van der Waals surface area (Å²) in [4.78, 5) is 19.9. The SMILES string of the molecule is Cc1cc(=O)n2[nH]c(CC(C)(O)CN)nc2n1. The quantitative estimate of drug-likeness (QED) is 0.633. The first-order valence-electron chi connectivity index (χ1n) is 5.29. The average molecular weight is 237 g/mol. The summed E-state index contributed by atoms with van der Waals surface area (Å²) in [7, 11) is 0. The van der Waals surface area contributed by atoms with Gasteiger partial charge in [0, 0.05) is 24.7 Å². The van der Waals surface area contributed by atoms with Crippen molar-refractivity contribution < 1.29 is 5.11 Å². The third-order valence-electron chi connectivity index (χ3n) is 2.49. The summed E-state index contributed by atoms with van der Waals surface area (Å²) >= 11 is 0. The fourth-order valence-electron chi connectivity index (χ4n) is 1.55. The maximum atomic E-state index is 11.6. The Kier molecular flexibility index (Phi) is 2.72. The number of rotatable bonds is 3. The summed E-state index contributed by atoms with van der Waals surface area (Å²) in [6.45, 7) is 3.46. The molecule has 0 aromatic carbocycles. The molecule has 7 heteroatoms. The van der Waals surface area contributed by atoms with Gasteiger partial charge in [0.1, 0.15) is 5.82 Å². The second-order valence-corrected chi connectivity index (χ2v) is 4.42. The van der Waals surface area contributed by atoms with Crippen molar-refractivity contribution in [1.29, 1.82) is 0 Å². The van der Waals surface area contributed by atoms with Crippen molar-refractivity contribution in [3.8, 4) is 0 Å². The molecule has 0 amide bonds. The van der Waals surface area contributed by atoms with E-state index in [1.165, 1.54) is 10.6 Å². The zero-order valence-corrected chi connectivity index (χ0v) is 9.77. The highest BCUT2D eigenvalue weighted by Crippen LogP contribution is 2.08. The molecule has 0 aliphatic carbocycles. The zero-order valence-electron chi connectivity index (χ0n) is 9.77. The van der Waals surface area contributed by atoms with Gasteiger partial charge in [-0.05, 0) is 13.8 Å². The van der Waals surface area contributed by atoms with Gasteiger partial charge < -0.3 is 10.8 Å². The van der Waals surface area contributed by atoms with Crippen LogP contribution in [0.2, 0.25) is 0 Å². The highest BCUT2D eigenvalue weighted by Gasteiger charge is 2.21. The van der Waals surface area contributed by atoms with Crippen molar-refractivity contribution in [3.63, 3.8) is 0 Å². The molecule has 2 aromatic rings. The number of aromatic nitrogens is 4. The van der Waals surface area contributed by atoms with Gasteiger partial charge in [0.2, 0.25) is 0 Å². The molecule has 0 spiro atoms. The zero-order chi connectivity index (χ0) is 12.6. The number of aromatic amines is 1. The monoisotopic (exact) mass is 237 g/mol. The Morgan fingerprint density at radius 3 is 2.94 bits per heavy atom. The van der Waals surface area contributed by atoms with Gasteiger partial charge in [0.15, 0.2) is 0 Å². The molecule has 4 N–H and O–H groups in total. The van der Waals surface area contributed by atoms with Crippen LogP contribution in [-0.2, 0) is 6.42 Å². The first-order valence-corrected chi connectivity index (χ1v) is 5.29. The van der Waals surface area contributed by atoms with Crippen molar-refractivity contribution in [2.24, 2.45) is 5.73 Å². The van der Waals surface area contributed by atoms with Crippen LogP contribution in [0, 0.1) is 6.92 Å². The van der Waals surface area contributed by atoms with E-state index < -0.39 is 5.60 Å². The maximum Gasteiger partial charge on any atom is 0.274 e. The standard InChI is InChI=1S/C10H15N5O2/c1-6-3-8(16)15-9(12-6)13-7(14-15)4-10(2,17)5-11/h3,17H,4-5,11H2,1-2H3,(H,12,13,14). The fourth-order valence-corrected chi connectivity index (χ4v) is 1.55. The Bertz CT molecular complexity index is 598. The van der Waals surface area contributed by atoms with Gasteiger partial charge in [-0.3, -0.25) is 9.89 Å². The van der Waals surface area contributed by atoms with E-state index in [2.05, 4.69) is 15.1 Å². The van der Waals surface area contributed by atoms with E-state index in [-0.39, 0.29) is 18.5 Å². The van der Waals surface area contributed by atoms with Crippen LogP contribution in [0.1, 0.15) is 18.4 Å². The van der Waals surface area contributed by atoms with E-state index in [4.69, 9.17) is 5.73 Å². The van der Waals surface area contributed by atoms with E-state index in [1.807, 2.05) is 0 Å². The molecule has 0 fully saturated rings. The molecule has 0 bridgehead atoms. The van der Waals surface area contributed by atoms with E-state index in [0.717, 1.165) is 0 Å². The smallest absolute Gasteiger partial charge is 0.274 e. The largest absolute Gasteiger partial charge is 0.388 e. The summed E-state index contributed by atoms with van der Waals surface area (Å²) in [5.74, 6) is 0.786. The summed E-state index contributed by atoms with van der Waals surface area (Å²) in [6, 6.07) is 1.41. The molecule has 2 aromatic heterocycles. The van der Waals surface area contributed by atoms with E-state index in [9.17, 15) is 9.90 Å². The third-order valence-corrected chi connectivity index (χ3v) is 2.49. The molecule has 7 nitrogen and oxygen atoms in total. The Morgan fingerprint density at radius 1 is 1.59 bits per heavy atom. The summed E-state index contributed by atoms with van der Waals surface area (Å²) in [6.07, 6.45) is 0.241. The van der Waals surface area contributed by atoms with Crippen LogP contribution >= 0.6 is 0 Å². The second kappa shape index (κ2) is 3.94. The van der Waals surface area contributed by atoms with Crippen LogP contribution < -0.4 is 11.3 Å². The van der Waals surface area contributed by atoms with Crippen molar-refractivity contribution >= 4 is 5.78 Å². The first-order chi connectivity index (χ1) is 7.91. The Labute approximate surface area is 97.3 Å². The number of hydrogen-bond acceptors (Lipinski definition) is 5. The minimum absolute atomic E-state index is 0.116. The van der Waals surface area contributed by atoms with E-state index in [1.54, 1.807) is 13.8 Å². The number of nitrogens with two attached hydrogens (primary N) is 1. The van der Waals surface area contributed by atoms with Crippen molar-refractivity contribution in [1.82, 2.24) is 19.6 Å². The lowest BCUT2D eigenvalue weighted by Gasteiger charge is -2.18. The van der Waals surface area contributed by atoms with Gasteiger partial charge in [-0.15, -0.1) is 0 Å². The highest BCUT2D eigenvalue weighted by molar-refractivity contribution is 5.27. The molecule has 0 aliphatic heterocycles. The van der Waals surface area contributed by atoms with Gasteiger partial charge in [-0.1, -0.05) is 0 Å². The Morgan fingerprint density at radius 2 is 2.29 bits per heavy atom. The fraction of sp³-hybridized carbons (Fsp3) is 0.500. The molecule has 0 aliphatic rings. The molecular formula is C10H15N5O2. The molecule has 0 saturated carbocycles. The number of nitrogens with zero attached hydrogens (tertiary/aromatic N) is 3. The molecule has 2 heterocycles. The lowest BCUT2D eigenvalue weighted by Crippen LogP contribution is -2.36. The maximum absolute atomic E-state index is 11.6. The van der Waals surface area contributed by atoms with Crippen LogP contribution in [0.15, 0.2) is 10.9 Å². The van der Waals surface area contributed by atoms with Crippen LogP contribution in [0.3, 0.4) is 0 Å². The number of H-pyrrole nitrogens is 1. The van der Waals surface area contributed by atoms with Crippen LogP contribution in [0.25, 0.3) is 5.78 Å². The van der Waals surface area contributed by atoms with Gasteiger partial charge >= 0.3 is 0 Å². The molecule has 0 saturated heterocycles. The Balaban J connectivity index is 2.45. The number of aliphatic hydroxyl groups is 1. The predicted molar refractivity (Wildman–Crippen MR) is 61.7 cm³/mol. The molecule has 17 heavy (non-hydrogen) atoms. The van der Waals surface area contributed by atoms with Gasteiger partial charge in [0.05, 0.1) is 5.60 Å². The minimum Gasteiger partial charge on any atom is -0.388 e. The van der Waals surface area contributed by atoms with Crippen molar-refractivity contribution in [2.45, 2.75) is 25.9 Å². The van der Waals surface area contributed by atoms with E-state index in [0.29, 0.717) is 17.3 Å². The van der Waals surface area contributed by atoms with Gasteiger partial charge in [-0.25, -0.2) is 4.98 Å². The number of nitrogens with one attached hydrogen (secondary N) is 1. The summed E-state index contributed by atoms with van der Waals surface area (Å²) in [5.41, 5.74) is 4.76. The van der Waals surface area contributed by atoms with Crippen LogP contribution in [0.4, 0.5) is 0 Å². The van der Waals surface area contributed by atoms with Crippen molar-refractivity contribution in [3.05, 3.63) is 27.9 Å². The number of hydrogen-bond donors (Lipinski definition) is 3. The van der Waals surface area contributed by atoms with Crippen LogP contribution in [0.5, 0.6) is 0 Å².